The lowest BCUT2D eigenvalue weighted by Crippen LogP contribution is -2.45. The minimum atomic E-state index is -0.587. The summed E-state index contributed by atoms with van der Waals surface area (Å²) in [7, 11) is 0. The average molecular weight is 220 g/mol. The molecule has 2 aromatic rings. The molecule has 16 heavy (non-hydrogen) atoms. The number of H-pyrrole nitrogens is 1. The number of nitrogens with one attached hydrogen (secondary N) is 1. The van der Waals surface area contributed by atoms with Crippen molar-refractivity contribution in [2.75, 3.05) is 0 Å². The predicted octanol–water partition coefficient (Wildman–Crippen LogP) is 0.235. The minimum absolute atomic E-state index is 0.178. The molecule has 0 fully saturated rings. The fraction of sp³-hybridized carbons (Fsp3) is 0.400. The van der Waals surface area contributed by atoms with E-state index in [-0.39, 0.29) is 11.2 Å². The summed E-state index contributed by atoms with van der Waals surface area (Å²) < 4.78 is 1.14. The fourth-order valence-corrected chi connectivity index (χ4v) is 1.55. The Balaban J connectivity index is 2.99. The van der Waals surface area contributed by atoms with Gasteiger partial charge in [0, 0.05) is 17.9 Å². The van der Waals surface area contributed by atoms with Gasteiger partial charge in [-0.1, -0.05) is 0 Å². The second-order valence-corrected chi connectivity index (χ2v) is 4.50. The summed E-state index contributed by atoms with van der Waals surface area (Å²) in [6, 6.07) is 0. The van der Waals surface area contributed by atoms with Gasteiger partial charge in [0.05, 0.1) is 0 Å². The molecule has 0 aliphatic rings. The van der Waals surface area contributed by atoms with E-state index in [0.29, 0.717) is 0 Å². The van der Waals surface area contributed by atoms with Crippen molar-refractivity contribution in [3.63, 3.8) is 0 Å². The van der Waals surface area contributed by atoms with Crippen LogP contribution in [0.1, 0.15) is 20.8 Å². The molecule has 0 atom stereocenters. The molecule has 0 aliphatic carbocycles. The SMILES string of the molecule is CC(C)(C)n1c(=O)[nH]c2nccnc2c1=O. The number of aromatic amines is 1. The van der Waals surface area contributed by atoms with Crippen LogP contribution < -0.4 is 11.2 Å². The molecule has 2 aromatic heterocycles. The summed E-state index contributed by atoms with van der Waals surface area (Å²) >= 11 is 0. The molecule has 0 radical (unpaired) electrons. The quantitative estimate of drug-likeness (QED) is 0.689. The number of aromatic nitrogens is 4. The molecule has 2 heterocycles. The zero-order chi connectivity index (χ0) is 11.9. The molecule has 6 heteroatoms. The molecule has 84 valence electrons. The van der Waals surface area contributed by atoms with E-state index in [1.54, 1.807) is 20.8 Å². The van der Waals surface area contributed by atoms with E-state index in [4.69, 9.17) is 0 Å². The number of fused-ring (bicyclic) bond motifs is 1. The van der Waals surface area contributed by atoms with Gasteiger partial charge in [-0.3, -0.25) is 14.3 Å². The molecule has 6 nitrogen and oxygen atoms in total. The maximum absolute atomic E-state index is 12.0. The highest BCUT2D eigenvalue weighted by Gasteiger charge is 2.20. The largest absolute Gasteiger partial charge is 0.330 e. The van der Waals surface area contributed by atoms with E-state index in [2.05, 4.69) is 15.0 Å². The standard InChI is InChI=1S/C10H12N4O2/c1-10(2,3)14-8(15)6-7(13-9(14)16)12-5-4-11-6/h4-5H,1-3H3,(H,12,13,16). The van der Waals surface area contributed by atoms with Crippen LogP contribution in [0.4, 0.5) is 0 Å². The van der Waals surface area contributed by atoms with E-state index in [1.807, 2.05) is 0 Å². The second kappa shape index (κ2) is 3.26. The Morgan fingerprint density at radius 2 is 1.81 bits per heavy atom. The van der Waals surface area contributed by atoms with Crippen LogP contribution in [0.5, 0.6) is 0 Å². The van der Waals surface area contributed by atoms with E-state index in [9.17, 15) is 9.59 Å². The van der Waals surface area contributed by atoms with Gasteiger partial charge in [-0.25, -0.2) is 14.8 Å². The lowest BCUT2D eigenvalue weighted by atomic mass is 10.1. The van der Waals surface area contributed by atoms with Crippen LogP contribution in [0.15, 0.2) is 22.0 Å². The normalized spacial score (nSPS) is 11.9. The van der Waals surface area contributed by atoms with E-state index >= 15 is 0 Å². The molecule has 0 bridgehead atoms. The maximum Gasteiger partial charge on any atom is 0.330 e. The molecular formula is C10H12N4O2. The van der Waals surface area contributed by atoms with Crippen LogP contribution in [0.25, 0.3) is 11.2 Å². The Labute approximate surface area is 91.0 Å². The Hall–Kier alpha value is -1.98. The van der Waals surface area contributed by atoms with Crippen molar-refractivity contribution in [1.29, 1.82) is 0 Å². The Kier molecular flexibility index (Phi) is 2.15. The molecule has 1 N–H and O–H groups in total. The molecule has 0 aromatic carbocycles. The zero-order valence-corrected chi connectivity index (χ0v) is 9.31. The van der Waals surface area contributed by atoms with Crippen LogP contribution in [-0.2, 0) is 5.54 Å². The van der Waals surface area contributed by atoms with Gasteiger partial charge in [0.2, 0.25) is 0 Å². The highest BCUT2D eigenvalue weighted by molar-refractivity contribution is 5.66. The van der Waals surface area contributed by atoms with Gasteiger partial charge in [-0.2, -0.15) is 0 Å². The summed E-state index contributed by atoms with van der Waals surface area (Å²) in [6.45, 7) is 5.35. The van der Waals surface area contributed by atoms with Gasteiger partial charge in [0.15, 0.2) is 11.2 Å². The zero-order valence-electron chi connectivity index (χ0n) is 9.31. The van der Waals surface area contributed by atoms with Gasteiger partial charge in [-0.05, 0) is 20.8 Å². The Bertz CT molecular complexity index is 648. The summed E-state index contributed by atoms with van der Waals surface area (Å²) in [5.41, 5.74) is -1.07. The molecule has 2 rings (SSSR count). The summed E-state index contributed by atoms with van der Waals surface area (Å²) in [5, 5.41) is 0. The summed E-state index contributed by atoms with van der Waals surface area (Å²) in [4.78, 5) is 34.1. The minimum Gasteiger partial charge on any atom is -0.290 e. The van der Waals surface area contributed by atoms with E-state index in [1.165, 1.54) is 12.4 Å². The van der Waals surface area contributed by atoms with Gasteiger partial charge in [0.1, 0.15) is 0 Å². The van der Waals surface area contributed by atoms with Crippen LogP contribution in [-0.4, -0.2) is 19.5 Å². The fourth-order valence-electron chi connectivity index (χ4n) is 1.55. The first kappa shape index (κ1) is 10.5. The van der Waals surface area contributed by atoms with Crippen molar-refractivity contribution >= 4 is 11.2 Å². The van der Waals surface area contributed by atoms with Crippen LogP contribution >= 0.6 is 0 Å². The third kappa shape index (κ3) is 1.52. The number of hydrogen-bond acceptors (Lipinski definition) is 4. The van der Waals surface area contributed by atoms with E-state index in [0.717, 1.165) is 4.57 Å². The number of nitrogens with zero attached hydrogens (tertiary/aromatic N) is 3. The molecule has 0 aliphatic heterocycles. The average Bonchev–Trinajstić information content (AvgIpc) is 2.15. The molecular weight excluding hydrogens is 208 g/mol. The Morgan fingerprint density at radius 1 is 1.19 bits per heavy atom. The topological polar surface area (TPSA) is 80.6 Å². The summed E-state index contributed by atoms with van der Waals surface area (Å²) in [5.74, 6) is 0. The number of hydrogen-bond donors (Lipinski definition) is 1. The van der Waals surface area contributed by atoms with Crippen LogP contribution in [0.3, 0.4) is 0 Å². The summed E-state index contributed by atoms with van der Waals surface area (Å²) in [6.07, 6.45) is 2.86. The van der Waals surface area contributed by atoms with Crippen molar-refractivity contribution in [2.45, 2.75) is 26.3 Å². The monoisotopic (exact) mass is 220 g/mol. The maximum atomic E-state index is 12.0. The van der Waals surface area contributed by atoms with Crippen molar-refractivity contribution in [2.24, 2.45) is 0 Å². The highest BCUT2D eigenvalue weighted by atomic mass is 16.2. The van der Waals surface area contributed by atoms with Crippen molar-refractivity contribution in [3.8, 4) is 0 Å². The van der Waals surface area contributed by atoms with Crippen molar-refractivity contribution < 1.29 is 0 Å². The first-order valence-electron chi connectivity index (χ1n) is 4.88. The highest BCUT2D eigenvalue weighted by Crippen LogP contribution is 2.08. The third-order valence-electron chi connectivity index (χ3n) is 2.20. The molecule has 0 spiro atoms. The lowest BCUT2D eigenvalue weighted by Gasteiger charge is -2.20. The third-order valence-corrected chi connectivity index (χ3v) is 2.20. The van der Waals surface area contributed by atoms with Gasteiger partial charge in [-0.15, -0.1) is 0 Å². The molecule has 0 saturated carbocycles. The first-order chi connectivity index (χ1) is 7.41. The smallest absolute Gasteiger partial charge is 0.290 e. The van der Waals surface area contributed by atoms with E-state index < -0.39 is 16.8 Å². The van der Waals surface area contributed by atoms with Gasteiger partial charge < -0.3 is 0 Å². The first-order valence-corrected chi connectivity index (χ1v) is 4.88. The molecule has 0 amide bonds. The Morgan fingerprint density at radius 3 is 2.44 bits per heavy atom. The number of rotatable bonds is 0. The molecule has 0 unspecified atom stereocenters. The van der Waals surface area contributed by atoms with Crippen molar-refractivity contribution in [3.05, 3.63) is 33.2 Å². The van der Waals surface area contributed by atoms with Gasteiger partial charge >= 0.3 is 5.69 Å². The predicted molar refractivity (Wildman–Crippen MR) is 59.4 cm³/mol. The second-order valence-electron chi connectivity index (χ2n) is 4.50. The molecule has 0 saturated heterocycles. The van der Waals surface area contributed by atoms with Gasteiger partial charge in [0.25, 0.3) is 5.56 Å². The van der Waals surface area contributed by atoms with Crippen molar-refractivity contribution in [1.82, 2.24) is 19.5 Å². The van der Waals surface area contributed by atoms with Crippen LogP contribution in [0, 0.1) is 0 Å². The lowest BCUT2D eigenvalue weighted by molar-refractivity contribution is 0.369. The van der Waals surface area contributed by atoms with Crippen LogP contribution in [0.2, 0.25) is 0 Å².